The highest BCUT2D eigenvalue weighted by atomic mass is 79.9. The number of hydrogen-bond donors (Lipinski definition) is 0. The van der Waals surface area contributed by atoms with Gasteiger partial charge in [-0.25, -0.2) is 0 Å². The van der Waals surface area contributed by atoms with Crippen LogP contribution in [0.1, 0.15) is 108 Å². The van der Waals surface area contributed by atoms with Crippen molar-refractivity contribution in [2.45, 2.75) is 96.5 Å². The Morgan fingerprint density at radius 2 is 0.978 bits per heavy atom. The van der Waals surface area contributed by atoms with Crippen molar-refractivity contribution >= 4 is 31.9 Å². The molecule has 0 radical (unpaired) electrons. The lowest BCUT2D eigenvalue weighted by Crippen LogP contribution is -2.38. The molecule has 0 aromatic heterocycles. The van der Waals surface area contributed by atoms with E-state index < -0.39 is 5.60 Å². The Morgan fingerprint density at radius 3 is 1.50 bits per heavy atom. The molecule has 0 N–H and O–H groups in total. The van der Waals surface area contributed by atoms with Gasteiger partial charge >= 0.3 is 0 Å². The van der Waals surface area contributed by atoms with Crippen LogP contribution in [0.5, 0.6) is 17.2 Å². The van der Waals surface area contributed by atoms with Crippen molar-refractivity contribution in [1.82, 2.24) is 0 Å². The van der Waals surface area contributed by atoms with Crippen LogP contribution >= 0.6 is 31.9 Å². The number of halogens is 2. The van der Waals surface area contributed by atoms with Gasteiger partial charge in [0, 0.05) is 31.2 Å². The van der Waals surface area contributed by atoms with Crippen molar-refractivity contribution in [1.29, 1.82) is 0 Å². The predicted molar refractivity (Wildman–Crippen MR) is 198 cm³/mol. The fourth-order valence-electron chi connectivity index (χ4n) is 6.38. The molecule has 46 heavy (non-hydrogen) atoms. The van der Waals surface area contributed by atoms with Crippen LogP contribution in [-0.4, -0.2) is 13.2 Å². The Labute approximate surface area is 293 Å². The Balaban J connectivity index is 1.42. The highest BCUT2D eigenvalue weighted by Crippen LogP contribution is 2.52. The van der Waals surface area contributed by atoms with E-state index >= 15 is 0 Å². The molecule has 1 aliphatic heterocycles. The first-order valence-corrected chi connectivity index (χ1v) is 18.9. The molecule has 4 aromatic carbocycles. The van der Waals surface area contributed by atoms with E-state index in [1.807, 2.05) is 0 Å². The third kappa shape index (κ3) is 8.58. The first kappa shape index (κ1) is 34.6. The molecule has 0 amide bonds. The Kier molecular flexibility index (Phi) is 13.1. The van der Waals surface area contributed by atoms with Crippen molar-refractivity contribution in [3.05, 3.63) is 111 Å². The van der Waals surface area contributed by atoms with Crippen LogP contribution in [0.15, 0.2) is 93.9 Å². The monoisotopic (exact) mass is 746 g/mol. The first-order valence-electron chi connectivity index (χ1n) is 17.3. The minimum absolute atomic E-state index is 0.741. The summed E-state index contributed by atoms with van der Waals surface area (Å²) in [5.41, 5.74) is 4.55. The summed E-state index contributed by atoms with van der Waals surface area (Å²) >= 11 is 7.45. The molecule has 0 saturated heterocycles. The summed E-state index contributed by atoms with van der Waals surface area (Å²) in [7, 11) is 0. The lowest BCUT2D eigenvalue weighted by Gasteiger charge is -2.41. The molecule has 0 fully saturated rings. The lowest BCUT2D eigenvalue weighted by atomic mass is 9.75. The average molecular weight is 749 g/mol. The summed E-state index contributed by atoms with van der Waals surface area (Å²) < 4.78 is 21.5. The van der Waals surface area contributed by atoms with Gasteiger partial charge in [-0.3, -0.25) is 0 Å². The minimum Gasteiger partial charge on any atom is -0.494 e. The van der Waals surface area contributed by atoms with Crippen molar-refractivity contribution in [3.63, 3.8) is 0 Å². The zero-order valence-corrected chi connectivity index (χ0v) is 30.6. The fourth-order valence-corrected chi connectivity index (χ4v) is 7.08. The zero-order valence-electron chi connectivity index (χ0n) is 27.5. The van der Waals surface area contributed by atoms with Gasteiger partial charge in [0.2, 0.25) is 0 Å². The molecule has 0 unspecified atom stereocenters. The van der Waals surface area contributed by atoms with E-state index in [0.717, 1.165) is 80.1 Å². The molecule has 4 aromatic rings. The summed E-state index contributed by atoms with van der Waals surface area (Å²) in [6.07, 6.45) is 15.0. The van der Waals surface area contributed by atoms with Crippen LogP contribution in [0.25, 0.3) is 11.1 Å². The Bertz CT molecular complexity index is 1450. The topological polar surface area (TPSA) is 27.7 Å². The van der Waals surface area contributed by atoms with E-state index in [4.69, 9.17) is 14.2 Å². The second kappa shape index (κ2) is 17.4. The molecule has 5 heteroatoms. The van der Waals surface area contributed by atoms with Crippen LogP contribution in [0.3, 0.4) is 0 Å². The second-order valence-corrected chi connectivity index (χ2v) is 14.2. The number of unbranched alkanes of at least 4 members (excludes halogenated alkanes) is 10. The highest BCUT2D eigenvalue weighted by Gasteiger charge is 2.44. The normalized spacial score (nSPS) is 13.0. The van der Waals surface area contributed by atoms with E-state index in [-0.39, 0.29) is 0 Å². The van der Waals surface area contributed by atoms with Crippen molar-refractivity contribution in [2.24, 2.45) is 0 Å². The predicted octanol–water partition coefficient (Wildman–Crippen LogP) is 13.0. The number of rotatable bonds is 18. The summed E-state index contributed by atoms with van der Waals surface area (Å²) in [4.78, 5) is 0. The third-order valence-electron chi connectivity index (χ3n) is 8.91. The van der Waals surface area contributed by atoms with Crippen molar-refractivity contribution in [2.75, 3.05) is 13.2 Å². The SMILES string of the molecule is CCCCCCCCOc1ccc(C2(c3ccc(OCCCCCCCC)cc3)Oc3cc(Br)ccc3-c3ccc(Br)cc32)cc1. The Hall–Kier alpha value is -2.76. The van der Waals surface area contributed by atoms with Gasteiger partial charge in [-0.2, -0.15) is 0 Å². The number of fused-ring (bicyclic) bond motifs is 3. The van der Waals surface area contributed by atoms with Crippen LogP contribution in [0, 0.1) is 0 Å². The van der Waals surface area contributed by atoms with E-state index in [1.165, 1.54) is 64.2 Å². The molecule has 0 spiro atoms. The average Bonchev–Trinajstić information content (AvgIpc) is 3.07. The van der Waals surface area contributed by atoms with E-state index in [1.54, 1.807) is 0 Å². The molecule has 0 aliphatic carbocycles. The molecule has 0 saturated carbocycles. The van der Waals surface area contributed by atoms with Gasteiger partial charge in [0.25, 0.3) is 0 Å². The summed E-state index contributed by atoms with van der Waals surface area (Å²) in [6, 6.07) is 29.8. The molecular weight excluding hydrogens is 700 g/mol. The summed E-state index contributed by atoms with van der Waals surface area (Å²) in [6.45, 7) is 5.99. The Morgan fingerprint density at radius 1 is 0.522 bits per heavy atom. The highest BCUT2D eigenvalue weighted by molar-refractivity contribution is 9.10. The third-order valence-corrected chi connectivity index (χ3v) is 9.90. The molecule has 1 aliphatic rings. The number of benzene rings is 4. The van der Waals surface area contributed by atoms with Crippen molar-refractivity contribution < 1.29 is 14.2 Å². The van der Waals surface area contributed by atoms with E-state index in [9.17, 15) is 0 Å². The molecule has 0 atom stereocenters. The molecular formula is C41H48Br2O3. The van der Waals surface area contributed by atoms with Crippen LogP contribution < -0.4 is 14.2 Å². The van der Waals surface area contributed by atoms with Gasteiger partial charge in [0.15, 0.2) is 5.60 Å². The molecule has 244 valence electrons. The van der Waals surface area contributed by atoms with Gasteiger partial charge in [-0.15, -0.1) is 0 Å². The number of ether oxygens (including phenoxy) is 3. The zero-order chi connectivity index (χ0) is 32.2. The maximum atomic E-state index is 7.19. The smallest absolute Gasteiger partial charge is 0.185 e. The van der Waals surface area contributed by atoms with Crippen LogP contribution in [-0.2, 0) is 5.60 Å². The van der Waals surface area contributed by atoms with Gasteiger partial charge in [0.1, 0.15) is 17.2 Å². The molecule has 3 nitrogen and oxygen atoms in total. The van der Waals surface area contributed by atoms with Gasteiger partial charge < -0.3 is 14.2 Å². The second-order valence-electron chi connectivity index (χ2n) is 12.4. The summed E-state index contributed by atoms with van der Waals surface area (Å²) in [5, 5.41) is 0. The van der Waals surface area contributed by atoms with Gasteiger partial charge in [-0.1, -0.05) is 140 Å². The standard InChI is InChI=1S/C41H48Br2O3/c1-3-5-7-9-11-13-27-44-35-21-15-31(16-22-35)41(32-17-23-36(24-18-32)45-28-14-12-10-8-6-4-2)39-29-33(42)19-25-37(39)38-26-20-34(43)30-40(38)46-41/h15-26,29-30H,3-14,27-28H2,1-2H3. The molecule has 5 rings (SSSR count). The van der Waals surface area contributed by atoms with E-state index in [2.05, 4.69) is 131 Å². The molecule has 0 bridgehead atoms. The van der Waals surface area contributed by atoms with Gasteiger partial charge in [-0.05, 0) is 73.0 Å². The first-order chi connectivity index (χ1) is 22.5. The maximum Gasteiger partial charge on any atom is 0.185 e. The van der Waals surface area contributed by atoms with Crippen LogP contribution in [0.4, 0.5) is 0 Å². The van der Waals surface area contributed by atoms with Crippen LogP contribution in [0.2, 0.25) is 0 Å². The lowest BCUT2D eigenvalue weighted by molar-refractivity contribution is 0.151. The molecule has 1 heterocycles. The number of hydrogen-bond acceptors (Lipinski definition) is 3. The maximum absolute atomic E-state index is 7.19. The fraction of sp³-hybridized carbons (Fsp3) is 0.415. The summed E-state index contributed by atoms with van der Waals surface area (Å²) in [5.74, 6) is 2.62. The van der Waals surface area contributed by atoms with Gasteiger partial charge in [0.05, 0.1) is 13.2 Å². The van der Waals surface area contributed by atoms with Crippen molar-refractivity contribution in [3.8, 4) is 28.4 Å². The minimum atomic E-state index is -0.872. The largest absolute Gasteiger partial charge is 0.494 e. The van der Waals surface area contributed by atoms with E-state index in [0.29, 0.717) is 0 Å². The quantitative estimate of drug-likeness (QED) is 0.0949.